The van der Waals surface area contributed by atoms with Crippen molar-refractivity contribution in [2.75, 3.05) is 27.3 Å². The second kappa shape index (κ2) is 7.72. The molecule has 4 aliphatic rings. The molecule has 33 heavy (non-hydrogen) atoms. The highest BCUT2D eigenvalue weighted by Gasteiger charge is 2.66. The minimum absolute atomic E-state index is 0.00819. The van der Waals surface area contributed by atoms with Crippen LogP contribution in [0.15, 0.2) is 42.5 Å². The zero-order valence-corrected chi connectivity index (χ0v) is 19.9. The van der Waals surface area contributed by atoms with Gasteiger partial charge >= 0.3 is 0 Å². The molecule has 1 saturated carbocycles. The number of aromatic hydroxyl groups is 1. The Balaban J connectivity index is 1.38. The number of nitrogens with zero attached hydrogens (tertiary/aromatic N) is 1. The number of hydrogen-bond donors (Lipinski definition) is 1. The van der Waals surface area contributed by atoms with Gasteiger partial charge in [-0.15, -0.1) is 0 Å². The van der Waals surface area contributed by atoms with Crippen molar-refractivity contribution in [3.63, 3.8) is 0 Å². The number of benzene rings is 2. The normalized spacial score (nSPS) is 36.7. The summed E-state index contributed by atoms with van der Waals surface area (Å²) in [6.45, 7) is 4.76. The number of methoxy groups -OCH3 is 1. The number of ether oxygens (including phenoxy) is 3. The van der Waals surface area contributed by atoms with Gasteiger partial charge in [0.1, 0.15) is 6.10 Å². The van der Waals surface area contributed by atoms with Crippen molar-refractivity contribution in [1.82, 2.24) is 4.90 Å². The number of likely N-dealkylation sites (tertiary alicyclic amines) is 1. The third kappa shape index (κ3) is 3.16. The molecule has 6 unspecified atom stereocenters. The smallest absolute Gasteiger partial charge is 0.165 e. The van der Waals surface area contributed by atoms with Gasteiger partial charge in [-0.2, -0.15) is 0 Å². The van der Waals surface area contributed by atoms with Crippen LogP contribution in [0.5, 0.6) is 11.5 Å². The van der Waals surface area contributed by atoms with Crippen molar-refractivity contribution in [1.29, 1.82) is 0 Å². The Morgan fingerprint density at radius 3 is 2.76 bits per heavy atom. The lowest BCUT2D eigenvalue weighted by Gasteiger charge is -2.56. The number of hydrogen-bond acceptors (Lipinski definition) is 5. The van der Waals surface area contributed by atoms with Crippen molar-refractivity contribution >= 4 is 0 Å². The summed E-state index contributed by atoms with van der Waals surface area (Å²) in [7, 11) is 4.09. The molecule has 1 spiro atoms. The third-order valence-electron chi connectivity index (χ3n) is 9.05. The fraction of sp³-hybridized carbons (Fsp3) is 0.571. The average molecular weight is 450 g/mol. The molecule has 6 atom stereocenters. The molecule has 2 fully saturated rings. The fourth-order valence-electron chi connectivity index (χ4n) is 7.58. The molecular formula is C28H35NO4. The number of likely N-dealkylation sites (N-methyl/N-ethyl adjacent to an activating group) is 1. The summed E-state index contributed by atoms with van der Waals surface area (Å²) in [5, 5.41) is 10.7. The Bertz CT molecular complexity index is 1040. The standard InChI is InChI=1S/C28H35NO4/c1-27(17-32-16-18-7-5-4-6-8-18)14-20-21-13-19-9-10-22(30)25-24(19)28(20,11-12-29(21)2)26(33-25)23(15-27)31-3/h4-10,20-21,23,26,30H,11-17H2,1-3H3. The van der Waals surface area contributed by atoms with Gasteiger partial charge < -0.3 is 24.2 Å². The first-order chi connectivity index (χ1) is 15.9. The van der Waals surface area contributed by atoms with Gasteiger partial charge in [0.05, 0.1) is 19.3 Å². The molecule has 2 aliphatic heterocycles. The maximum absolute atomic E-state index is 10.7. The highest BCUT2D eigenvalue weighted by molar-refractivity contribution is 5.60. The molecular weight excluding hydrogens is 414 g/mol. The Morgan fingerprint density at radius 2 is 1.97 bits per heavy atom. The van der Waals surface area contributed by atoms with E-state index in [1.165, 1.54) is 16.7 Å². The van der Waals surface area contributed by atoms with E-state index in [1.807, 2.05) is 19.2 Å². The van der Waals surface area contributed by atoms with Gasteiger partial charge in [0.15, 0.2) is 11.5 Å². The maximum atomic E-state index is 10.7. The van der Waals surface area contributed by atoms with E-state index in [9.17, 15) is 5.11 Å². The van der Waals surface area contributed by atoms with Crippen LogP contribution in [0.2, 0.25) is 0 Å². The van der Waals surface area contributed by atoms with Gasteiger partial charge in [-0.3, -0.25) is 0 Å². The summed E-state index contributed by atoms with van der Waals surface area (Å²) < 4.78 is 19.2. The molecule has 6 rings (SSSR count). The zero-order chi connectivity index (χ0) is 22.8. The van der Waals surface area contributed by atoms with Gasteiger partial charge in [-0.05, 0) is 67.8 Å². The maximum Gasteiger partial charge on any atom is 0.165 e. The van der Waals surface area contributed by atoms with Crippen LogP contribution < -0.4 is 4.74 Å². The molecule has 5 heteroatoms. The molecule has 2 aliphatic carbocycles. The van der Waals surface area contributed by atoms with Gasteiger partial charge in [0, 0.05) is 24.1 Å². The second-order valence-corrected chi connectivity index (χ2v) is 11.1. The van der Waals surface area contributed by atoms with Crippen molar-refractivity contribution in [2.24, 2.45) is 11.3 Å². The number of phenolic OH excluding ortho intramolecular Hbond substituents is 1. The van der Waals surface area contributed by atoms with Crippen LogP contribution in [0.3, 0.4) is 0 Å². The summed E-state index contributed by atoms with van der Waals surface area (Å²) in [6.07, 6.45) is 3.91. The first-order valence-corrected chi connectivity index (χ1v) is 12.3. The highest BCUT2D eigenvalue weighted by Crippen LogP contribution is 2.64. The van der Waals surface area contributed by atoms with E-state index < -0.39 is 0 Å². The van der Waals surface area contributed by atoms with Crippen LogP contribution in [-0.4, -0.2) is 55.6 Å². The number of phenols is 1. The molecule has 2 aromatic rings. The lowest BCUT2D eigenvalue weighted by molar-refractivity contribution is -0.0666. The molecule has 2 aromatic carbocycles. The number of piperidine rings is 1. The van der Waals surface area contributed by atoms with E-state index in [0.717, 1.165) is 38.0 Å². The quantitative estimate of drug-likeness (QED) is 0.738. The monoisotopic (exact) mass is 449 g/mol. The van der Waals surface area contributed by atoms with E-state index in [4.69, 9.17) is 14.2 Å². The molecule has 0 radical (unpaired) electrons. The SMILES string of the molecule is COC1CC(C)(COCc2ccccc2)CC2C3Cc4ccc(O)c5c4C2(CCN3C)C1O5. The van der Waals surface area contributed by atoms with Crippen LogP contribution in [0, 0.1) is 11.3 Å². The summed E-state index contributed by atoms with van der Waals surface area (Å²) in [5.74, 6) is 1.44. The Morgan fingerprint density at radius 1 is 1.15 bits per heavy atom. The summed E-state index contributed by atoms with van der Waals surface area (Å²) in [6, 6.07) is 14.8. The van der Waals surface area contributed by atoms with Crippen molar-refractivity contribution in [2.45, 2.75) is 62.9 Å². The first kappa shape index (κ1) is 21.5. The first-order valence-electron chi connectivity index (χ1n) is 12.3. The highest BCUT2D eigenvalue weighted by atomic mass is 16.5. The molecule has 5 nitrogen and oxygen atoms in total. The molecule has 1 saturated heterocycles. The van der Waals surface area contributed by atoms with E-state index in [-0.39, 0.29) is 28.8 Å². The Labute approximate surface area is 196 Å². The predicted octanol–water partition coefficient (Wildman–Crippen LogP) is 4.30. The Kier molecular flexibility index (Phi) is 5.02. The predicted molar refractivity (Wildman–Crippen MR) is 127 cm³/mol. The van der Waals surface area contributed by atoms with E-state index >= 15 is 0 Å². The molecule has 2 bridgehead atoms. The van der Waals surface area contributed by atoms with Gasteiger partial charge in [-0.1, -0.05) is 43.3 Å². The second-order valence-electron chi connectivity index (χ2n) is 11.1. The van der Waals surface area contributed by atoms with E-state index in [0.29, 0.717) is 25.2 Å². The van der Waals surface area contributed by atoms with E-state index in [2.05, 4.69) is 49.2 Å². The van der Waals surface area contributed by atoms with Crippen molar-refractivity contribution < 1.29 is 19.3 Å². The largest absolute Gasteiger partial charge is 0.504 e. The molecule has 176 valence electrons. The summed E-state index contributed by atoms with van der Waals surface area (Å²) in [4.78, 5) is 2.55. The van der Waals surface area contributed by atoms with Gasteiger partial charge in [0.25, 0.3) is 0 Å². The van der Waals surface area contributed by atoms with E-state index in [1.54, 1.807) is 0 Å². The zero-order valence-electron chi connectivity index (χ0n) is 19.9. The average Bonchev–Trinajstić information content (AvgIpc) is 3.10. The third-order valence-corrected chi connectivity index (χ3v) is 9.05. The molecule has 0 aromatic heterocycles. The molecule has 0 amide bonds. The van der Waals surface area contributed by atoms with Crippen molar-refractivity contribution in [3.8, 4) is 11.5 Å². The number of rotatable bonds is 5. The summed E-state index contributed by atoms with van der Waals surface area (Å²) >= 11 is 0. The van der Waals surface area contributed by atoms with Crippen LogP contribution in [0.4, 0.5) is 0 Å². The van der Waals surface area contributed by atoms with Gasteiger partial charge in [0.2, 0.25) is 0 Å². The minimum atomic E-state index is -0.100. The topological polar surface area (TPSA) is 51.2 Å². The van der Waals surface area contributed by atoms with Crippen LogP contribution in [0.1, 0.15) is 42.9 Å². The minimum Gasteiger partial charge on any atom is -0.504 e. The lowest BCUT2D eigenvalue weighted by atomic mass is 9.54. The fourth-order valence-corrected chi connectivity index (χ4v) is 7.58. The molecule has 1 N–H and O–H groups in total. The van der Waals surface area contributed by atoms with Crippen LogP contribution >= 0.6 is 0 Å². The Hall–Kier alpha value is -2.08. The van der Waals surface area contributed by atoms with Crippen LogP contribution in [-0.2, 0) is 27.9 Å². The van der Waals surface area contributed by atoms with Crippen molar-refractivity contribution in [3.05, 3.63) is 59.2 Å². The molecule has 2 heterocycles. The lowest BCUT2D eigenvalue weighted by Crippen LogP contribution is -2.63. The summed E-state index contributed by atoms with van der Waals surface area (Å²) in [5.41, 5.74) is 3.72. The van der Waals surface area contributed by atoms with Crippen LogP contribution in [0.25, 0.3) is 0 Å². The van der Waals surface area contributed by atoms with Gasteiger partial charge in [-0.25, -0.2) is 0 Å².